The van der Waals surface area contributed by atoms with Crippen molar-refractivity contribution in [2.45, 2.75) is 26.3 Å². The Morgan fingerprint density at radius 3 is 2.77 bits per heavy atom. The second kappa shape index (κ2) is 8.95. The molecule has 3 aromatic rings. The summed E-state index contributed by atoms with van der Waals surface area (Å²) >= 11 is 0. The van der Waals surface area contributed by atoms with E-state index in [-0.39, 0.29) is 24.3 Å². The van der Waals surface area contributed by atoms with Crippen LogP contribution in [0.25, 0.3) is 11.5 Å². The van der Waals surface area contributed by atoms with Crippen LogP contribution >= 0.6 is 0 Å². The van der Waals surface area contributed by atoms with Gasteiger partial charge < -0.3 is 20.1 Å². The molecule has 4 rings (SSSR count). The van der Waals surface area contributed by atoms with Gasteiger partial charge in [-0.1, -0.05) is 31.1 Å². The number of pyridine rings is 1. The summed E-state index contributed by atoms with van der Waals surface area (Å²) in [4.78, 5) is 34.4. The number of rotatable bonds is 6. The molecular weight excluding hydrogens is 396 g/mol. The van der Waals surface area contributed by atoms with E-state index in [1.807, 2.05) is 38.1 Å². The standard InChI is InChI=1S/C22H24N6O3/c1-14(2)20-26-21(31-27-20)17-7-8-23-18(11-17)25-12-15-3-5-16(6-4-15)22(30)28-10-9-24-19(29)13-28/h3-8,11,14H,9-10,12-13H2,1-2H3,(H,23,25)(H,24,29). The van der Waals surface area contributed by atoms with Crippen molar-refractivity contribution in [3.63, 3.8) is 0 Å². The third-order valence-corrected chi connectivity index (χ3v) is 4.97. The lowest BCUT2D eigenvalue weighted by Gasteiger charge is -2.26. The summed E-state index contributed by atoms with van der Waals surface area (Å²) in [5.74, 6) is 1.74. The van der Waals surface area contributed by atoms with Gasteiger partial charge in [0.2, 0.25) is 5.91 Å². The van der Waals surface area contributed by atoms with Crippen molar-refractivity contribution in [2.75, 3.05) is 25.0 Å². The van der Waals surface area contributed by atoms with Crippen LogP contribution in [0.4, 0.5) is 5.82 Å². The van der Waals surface area contributed by atoms with Gasteiger partial charge in [0.05, 0.1) is 6.54 Å². The summed E-state index contributed by atoms with van der Waals surface area (Å²) in [6, 6.07) is 11.0. The first-order valence-corrected chi connectivity index (χ1v) is 10.2. The highest BCUT2D eigenvalue weighted by Gasteiger charge is 2.22. The van der Waals surface area contributed by atoms with E-state index in [1.165, 1.54) is 0 Å². The molecule has 160 valence electrons. The van der Waals surface area contributed by atoms with Gasteiger partial charge in [-0.2, -0.15) is 4.98 Å². The van der Waals surface area contributed by atoms with Crippen molar-refractivity contribution in [1.29, 1.82) is 0 Å². The van der Waals surface area contributed by atoms with Crippen molar-refractivity contribution in [2.24, 2.45) is 0 Å². The molecule has 0 bridgehead atoms. The monoisotopic (exact) mass is 420 g/mol. The van der Waals surface area contributed by atoms with E-state index >= 15 is 0 Å². The zero-order chi connectivity index (χ0) is 21.8. The van der Waals surface area contributed by atoms with Gasteiger partial charge in [0.1, 0.15) is 5.82 Å². The lowest BCUT2D eigenvalue weighted by Crippen LogP contribution is -2.49. The highest BCUT2D eigenvalue weighted by atomic mass is 16.5. The quantitative estimate of drug-likeness (QED) is 0.630. The summed E-state index contributed by atoms with van der Waals surface area (Å²) in [6.45, 7) is 5.67. The van der Waals surface area contributed by atoms with Crippen molar-refractivity contribution in [1.82, 2.24) is 25.3 Å². The summed E-state index contributed by atoms with van der Waals surface area (Å²) < 4.78 is 5.34. The number of nitrogens with one attached hydrogen (secondary N) is 2. The van der Waals surface area contributed by atoms with Crippen molar-refractivity contribution >= 4 is 17.6 Å². The molecule has 9 heteroatoms. The maximum atomic E-state index is 12.6. The van der Waals surface area contributed by atoms with E-state index in [1.54, 1.807) is 23.2 Å². The van der Waals surface area contributed by atoms with E-state index in [9.17, 15) is 9.59 Å². The average Bonchev–Trinajstić information content (AvgIpc) is 3.29. The molecule has 0 saturated carbocycles. The Morgan fingerprint density at radius 1 is 1.26 bits per heavy atom. The zero-order valence-corrected chi connectivity index (χ0v) is 17.5. The minimum atomic E-state index is -0.135. The smallest absolute Gasteiger partial charge is 0.258 e. The van der Waals surface area contributed by atoms with Gasteiger partial charge in [-0.25, -0.2) is 4.98 Å². The maximum Gasteiger partial charge on any atom is 0.258 e. The Morgan fingerprint density at radius 2 is 2.06 bits per heavy atom. The largest absolute Gasteiger partial charge is 0.366 e. The summed E-state index contributed by atoms with van der Waals surface area (Å²) in [6.07, 6.45) is 1.69. The van der Waals surface area contributed by atoms with E-state index in [0.29, 0.717) is 42.7 Å². The van der Waals surface area contributed by atoms with Gasteiger partial charge in [0.25, 0.3) is 11.8 Å². The number of hydrogen-bond donors (Lipinski definition) is 2. The van der Waals surface area contributed by atoms with Crippen LogP contribution in [0.5, 0.6) is 0 Å². The van der Waals surface area contributed by atoms with E-state index in [4.69, 9.17) is 4.52 Å². The van der Waals surface area contributed by atoms with Gasteiger partial charge in [-0.05, 0) is 29.8 Å². The maximum absolute atomic E-state index is 12.6. The first kappa shape index (κ1) is 20.5. The molecule has 0 spiro atoms. The molecule has 0 radical (unpaired) electrons. The second-order valence-electron chi connectivity index (χ2n) is 7.67. The number of hydrogen-bond acceptors (Lipinski definition) is 7. The number of carbonyl (C=O) groups is 2. The number of aromatic nitrogens is 3. The number of piperazine rings is 1. The third-order valence-electron chi connectivity index (χ3n) is 4.97. The fourth-order valence-electron chi connectivity index (χ4n) is 3.20. The Balaban J connectivity index is 1.38. The van der Waals surface area contributed by atoms with Crippen molar-refractivity contribution in [3.8, 4) is 11.5 Å². The molecule has 31 heavy (non-hydrogen) atoms. The molecule has 1 aromatic carbocycles. The second-order valence-corrected chi connectivity index (χ2v) is 7.67. The van der Waals surface area contributed by atoms with Crippen molar-refractivity contribution < 1.29 is 14.1 Å². The van der Waals surface area contributed by atoms with Gasteiger partial charge in [-0.15, -0.1) is 0 Å². The topological polar surface area (TPSA) is 113 Å². The molecule has 2 amide bonds. The molecular formula is C22H24N6O3. The first-order valence-electron chi connectivity index (χ1n) is 10.2. The van der Waals surface area contributed by atoms with E-state index in [0.717, 1.165) is 11.1 Å². The van der Waals surface area contributed by atoms with Gasteiger partial charge in [0, 0.05) is 42.9 Å². The molecule has 9 nitrogen and oxygen atoms in total. The average molecular weight is 420 g/mol. The first-order chi connectivity index (χ1) is 15.0. The molecule has 2 aromatic heterocycles. The summed E-state index contributed by atoms with van der Waals surface area (Å²) in [5, 5.41) is 9.98. The Kier molecular flexibility index (Phi) is 5.92. The van der Waals surface area contributed by atoms with Crippen LogP contribution in [0.2, 0.25) is 0 Å². The number of benzene rings is 1. The number of nitrogens with zero attached hydrogens (tertiary/aromatic N) is 4. The number of amides is 2. The van der Waals surface area contributed by atoms with Crippen LogP contribution < -0.4 is 10.6 Å². The SMILES string of the molecule is CC(C)c1noc(-c2ccnc(NCc3ccc(C(=O)N4CCNC(=O)C4)cc3)c2)n1. The van der Waals surface area contributed by atoms with Gasteiger partial charge >= 0.3 is 0 Å². The Hall–Kier alpha value is -3.75. The fourth-order valence-corrected chi connectivity index (χ4v) is 3.20. The summed E-state index contributed by atoms with van der Waals surface area (Å²) in [5.41, 5.74) is 2.36. The van der Waals surface area contributed by atoms with Crippen LogP contribution in [0.3, 0.4) is 0 Å². The predicted octanol–water partition coefficient (Wildman–Crippen LogP) is 2.44. The molecule has 1 aliphatic rings. The molecule has 0 atom stereocenters. The highest BCUT2D eigenvalue weighted by Crippen LogP contribution is 2.22. The molecule has 1 fully saturated rings. The van der Waals surface area contributed by atoms with Crippen LogP contribution in [0.1, 0.15) is 41.5 Å². The van der Waals surface area contributed by atoms with Gasteiger partial charge in [-0.3, -0.25) is 9.59 Å². The molecule has 2 N–H and O–H groups in total. The third kappa shape index (κ3) is 4.88. The van der Waals surface area contributed by atoms with Crippen molar-refractivity contribution in [3.05, 3.63) is 59.5 Å². The van der Waals surface area contributed by atoms with E-state index < -0.39 is 0 Å². The van der Waals surface area contributed by atoms with Crippen LogP contribution in [-0.2, 0) is 11.3 Å². The summed E-state index contributed by atoms with van der Waals surface area (Å²) in [7, 11) is 0. The molecule has 0 unspecified atom stereocenters. The van der Waals surface area contributed by atoms with E-state index in [2.05, 4.69) is 25.8 Å². The molecule has 1 saturated heterocycles. The predicted molar refractivity (Wildman–Crippen MR) is 114 cm³/mol. The number of carbonyl (C=O) groups excluding carboxylic acids is 2. The van der Waals surface area contributed by atoms with Crippen LogP contribution in [-0.4, -0.2) is 51.5 Å². The molecule has 3 heterocycles. The van der Waals surface area contributed by atoms with Crippen LogP contribution in [0, 0.1) is 0 Å². The zero-order valence-electron chi connectivity index (χ0n) is 17.5. The minimum Gasteiger partial charge on any atom is -0.366 e. The van der Waals surface area contributed by atoms with Crippen LogP contribution in [0.15, 0.2) is 47.1 Å². The lowest BCUT2D eigenvalue weighted by molar-refractivity contribution is -0.123. The minimum absolute atomic E-state index is 0.100. The van der Waals surface area contributed by atoms with Gasteiger partial charge in [0.15, 0.2) is 5.82 Å². The highest BCUT2D eigenvalue weighted by molar-refractivity contribution is 5.97. The normalized spacial score (nSPS) is 13.9. The lowest BCUT2D eigenvalue weighted by atomic mass is 10.1. The molecule has 1 aliphatic heterocycles. The number of anilines is 1. The molecule has 0 aliphatic carbocycles. The fraction of sp³-hybridized carbons (Fsp3) is 0.318. The Labute approximate surface area is 179 Å². The Bertz CT molecular complexity index is 1080.